The third kappa shape index (κ3) is 16.5. The zero-order valence-electron chi connectivity index (χ0n) is 41.7. The van der Waals surface area contributed by atoms with Gasteiger partial charge >= 0.3 is 11.9 Å². The summed E-state index contributed by atoms with van der Waals surface area (Å²) in [5.74, 6) is -4.05. The van der Waals surface area contributed by atoms with Crippen LogP contribution in [0.3, 0.4) is 0 Å². The molecule has 0 bridgehead atoms. The van der Waals surface area contributed by atoms with Crippen molar-refractivity contribution in [2.45, 2.75) is 95.8 Å². The number of benzene rings is 2. The van der Waals surface area contributed by atoms with Crippen molar-refractivity contribution in [2.24, 2.45) is 0 Å². The number of anilines is 6. The summed E-state index contributed by atoms with van der Waals surface area (Å²) in [5, 5.41) is 30.2. The zero-order valence-corrected chi connectivity index (χ0v) is 41.7. The lowest BCUT2D eigenvalue weighted by atomic mass is 10.1. The van der Waals surface area contributed by atoms with E-state index in [1.54, 1.807) is 60.9 Å². The second kappa shape index (κ2) is 26.6. The van der Waals surface area contributed by atoms with Crippen molar-refractivity contribution in [3.8, 4) is 0 Å². The number of nitrogens with one attached hydrogen (secondary N) is 4. The number of nitrogens with zero attached hydrogens (tertiary/aromatic N) is 10. The van der Waals surface area contributed by atoms with E-state index < -0.39 is 35.8 Å². The van der Waals surface area contributed by atoms with Gasteiger partial charge in [-0.25, -0.2) is 29.5 Å². The maximum Gasteiger partial charge on any atom is 0.326 e. The Labute approximate surface area is 430 Å². The number of carboxylic acids is 2. The number of carbonyl (C=O) groups is 6. The molecular formula is C49H62N18O8. The Hall–Kier alpha value is -9.10. The van der Waals surface area contributed by atoms with E-state index in [9.17, 15) is 39.0 Å². The van der Waals surface area contributed by atoms with E-state index >= 15 is 0 Å². The molecule has 0 radical (unpaired) electrons. The molecule has 2 aromatic carbocycles. The molecule has 4 heterocycles. The fourth-order valence-electron chi connectivity index (χ4n) is 7.84. The van der Waals surface area contributed by atoms with E-state index in [0.29, 0.717) is 48.6 Å². The maximum absolute atomic E-state index is 13.0. The summed E-state index contributed by atoms with van der Waals surface area (Å²) >= 11 is 0. The molecule has 0 aliphatic heterocycles. The number of carbonyl (C=O) groups excluding carboxylic acids is 4. The molecule has 0 saturated carbocycles. The van der Waals surface area contributed by atoms with Gasteiger partial charge in [0.2, 0.25) is 23.7 Å². The molecular weight excluding hydrogens is 969 g/mol. The van der Waals surface area contributed by atoms with Gasteiger partial charge in [0, 0.05) is 62.5 Å². The molecule has 0 unspecified atom stereocenters. The number of unbranched alkanes of at least 4 members (excludes halogenated alkanes) is 6. The number of hydrogen-bond acceptors (Lipinski definition) is 20. The van der Waals surface area contributed by atoms with Crippen molar-refractivity contribution >= 4 is 92.8 Å². The van der Waals surface area contributed by atoms with Crippen molar-refractivity contribution in [3.05, 3.63) is 83.4 Å². The number of fused-ring (bicyclic) bond motifs is 2. The Bertz CT molecular complexity index is 2780. The molecule has 0 aliphatic rings. The summed E-state index contributed by atoms with van der Waals surface area (Å²) < 4.78 is 0. The van der Waals surface area contributed by atoms with Crippen LogP contribution in [0.25, 0.3) is 22.3 Å². The van der Waals surface area contributed by atoms with Gasteiger partial charge in [-0.2, -0.15) is 19.9 Å². The Morgan fingerprint density at radius 2 is 0.880 bits per heavy atom. The number of nitrogens with two attached hydrogens (primary N) is 4. The quantitative estimate of drug-likeness (QED) is 0.0315. The van der Waals surface area contributed by atoms with Crippen molar-refractivity contribution in [2.75, 3.05) is 59.9 Å². The molecule has 6 rings (SSSR count). The average Bonchev–Trinajstić information content (AvgIpc) is 3.38. The molecule has 0 saturated heterocycles. The highest BCUT2D eigenvalue weighted by molar-refractivity contribution is 5.98. The van der Waals surface area contributed by atoms with Gasteiger partial charge in [-0.3, -0.25) is 19.2 Å². The van der Waals surface area contributed by atoms with Crippen LogP contribution in [0, 0.1) is 0 Å². The number of carboxylic acid groups (broad SMARTS) is 2. The fraction of sp³-hybridized carbons (Fsp3) is 0.388. The first-order chi connectivity index (χ1) is 35.9. The smallest absolute Gasteiger partial charge is 0.326 e. The molecule has 75 heavy (non-hydrogen) atoms. The topological polar surface area (TPSA) is 405 Å². The van der Waals surface area contributed by atoms with Crippen LogP contribution in [0.4, 0.5) is 34.9 Å². The number of rotatable bonds is 28. The summed E-state index contributed by atoms with van der Waals surface area (Å²) in [6.45, 7) is 1.58. The first-order valence-electron chi connectivity index (χ1n) is 24.3. The summed E-state index contributed by atoms with van der Waals surface area (Å²) in [6.07, 6.45) is 8.91. The van der Waals surface area contributed by atoms with Gasteiger partial charge in [-0.1, -0.05) is 32.1 Å². The van der Waals surface area contributed by atoms with Gasteiger partial charge in [0.05, 0.1) is 36.9 Å². The molecule has 14 N–H and O–H groups in total. The standard InChI is InChI=1S/C49H62N18O8/c1-66(26-30-24-56-42-38(58-30)40(50)62-48(52)64-42)32-14-10-28(11-15-32)44(70)60-34(46(72)73)18-20-36(68)54-22-8-6-4-3-5-7-9-23-55-37(69)21-19-35(47(74)75)61-45(71)29-12-16-33(17-13-29)67(2)27-31-25-57-43-39(59-31)41(51)63-49(53)65-43/h10-17,24-25,34-35H,3-9,18-23,26-27H2,1-2H3,(H,54,68)(H,55,69)(H,60,70)(H,61,71)(H,72,73)(H,74,75)(H4,50,52,56,62,64)(H4,51,53,57,63,65)/t34-,35-/m0/s1. The van der Waals surface area contributed by atoms with Gasteiger partial charge in [0.25, 0.3) is 11.8 Å². The van der Waals surface area contributed by atoms with Crippen LogP contribution in [-0.4, -0.2) is 125 Å². The van der Waals surface area contributed by atoms with Gasteiger partial charge in [-0.05, 0) is 74.2 Å². The second-order valence-corrected chi connectivity index (χ2v) is 17.8. The lowest BCUT2D eigenvalue weighted by molar-refractivity contribution is -0.140. The third-order valence-electron chi connectivity index (χ3n) is 12.0. The van der Waals surface area contributed by atoms with Crippen LogP contribution in [0.1, 0.15) is 103 Å². The average molecular weight is 1030 g/mol. The molecule has 4 amide bonds. The van der Waals surface area contributed by atoms with Crippen molar-refractivity contribution in [1.82, 2.24) is 61.1 Å². The summed E-state index contributed by atoms with van der Waals surface area (Å²) in [7, 11) is 3.65. The van der Waals surface area contributed by atoms with E-state index in [4.69, 9.17) is 22.9 Å². The van der Waals surface area contributed by atoms with Gasteiger partial charge < -0.3 is 64.2 Å². The second-order valence-electron chi connectivity index (χ2n) is 17.8. The molecule has 6 aromatic rings. The van der Waals surface area contributed by atoms with Crippen LogP contribution in [0.2, 0.25) is 0 Å². The summed E-state index contributed by atoms with van der Waals surface area (Å²) in [5.41, 5.74) is 27.6. The molecule has 0 aliphatic carbocycles. The van der Waals surface area contributed by atoms with Gasteiger partial charge in [0.1, 0.15) is 12.1 Å². The maximum atomic E-state index is 13.0. The Morgan fingerprint density at radius 1 is 0.520 bits per heavy atom. The minimum absolute atomic E-state index is 0.00130. The highest BCUT2D eigenvalue weighted by Gasteiger charge is 2.24. The van der Waals surface area contributed by atoms with Crippen LogP contribution in [0.15, 0.2) is 60.9 Å². The van der Waals surface area contributed by atoms with Gasteiger partial charge in [0.15, 0.2) is 34.0 Å². The fourth-order valence-corrected chi connectivity index (χ4v) is 7.84. The summed E-state index contributed by atoms with van der Waals surface area (Å²) in [6, 6.07) is 10.6. The molecule has 4 aromatic heterocycles. The Balaban J connectivity index is 0.781. The lowest BCUT2D eigenvalue weighted by Crippen LogP contribution is -2.41. The number of aromatic nitrogens is 8. The summed E-state index contributed by atoms with van der Waals surface area (Å²) in [4.78, 5) is 112. The highest BCUT2D eigenvalue weighted by atomic mass is 16.4. The van der Waals surface area contributed by atoms with E-state index in [1.165, 1.54) is 0 Å². The van der Waals surface area contributed by atoms with Crippen LogP contribution < -0.4 is 54.0 Å². The predicted octanol–water partition coefficient (Wildman–Crippen LogP) is 2.34. The third-order valence-corrected chi connectivity index (χ3v) is 12.0. The highest BCUT2D eigenvalue weighted by Crippen LogP contribution is 2.21. The Morgan fingerprint density at radius 3 is 1.24 bits per heavy atom. The number of amides is 4. The molecule has 0 fully saturated rings. The first-order valence-corrected chi connectivity index (χ1v) is 24.3. The number of hydrogen-bond donors (Lipinski definition) is 10. The molecule has 0 spiro atoms. The molecule has 26 heteroatoms. The monoisotopic (exact) mass is 1030 g/mol. The molecule has 26 nitrogen and oxygen atoms in total. The van der Waals surface area contributed by atoms with Crippen LogP contribution >= 0.6 is 0 Å². The number of aliphatic carboxylic acids is 2. The predicted molar refractivity (Wildman–Crippen MR) is 280 cm³/mol. The van der Waals surface area contributed by atoms with Crippen molar-refractivity contribution in [1.29, 1.82) is 0 Å². The van der Waals surface area contributed by atoms with E-state index in [1.807, 2.05) is 23.9 Å². The first kappa shape index (κ1) is 55.2. The van der Waals surface area contributed by atoms with E-state index in [2.05, 4.69) is 61.1 Å². The van der Waals surface area contributed by atoms with Gasteiger partial charge in [-0.15, -0.1) is 0 Å². The largest absolute Gasteiger partial charge is 0.480 e. The number of nitrogen functional groups attached to an aromatic ring is 4. The lowest BCUT2D eigenvalue weighted by Gasteiger charge is -2.19. The van der Waals surface area contributed by atoms with Crippen molar-refractivity contribution < 1.29 is 39.0 Å². The molecule has 2 atom stereocenters. The van der Waals surface area contributed by atoms with Crippen LogP contribution in [-0.2, 0) is 32.3 Å². The van der Waals surface area contributed by atoms with E-state index in [-0.39, 0.29) is 83.5 Å². The molecule has 396 valence electrons. The minimum Gasteiger partial charge on any atom is -0.480 e. The zero-order chi connectivity index (χ0) is 54.0. The van der Waals surface area contributed by atoms with Crippen LogP contribution in [0.5, 0.6) is 0 Å². The Kier molecular flexibility index (Phi) is 19.5. The van der Waals surface area contributed by atoms with E-state index in [0.717, 1.165) is 56.3 Å². The normalized spacial score (nSPS) is 11.9. The SMILES string of the molecule is CN(Cc1cnc2nc(N)nc(N)c2n1)c1ccc(C(=O)N[C@@H](CCC(=O)NCCCCCCCCCNC(=O)CC[C@H](NC(=O)c2ccc(N(C)Cc3cnc4nc(N)nc(N)c4n3)cc2)C(=O)O)C(=O)O)cc1. The van der Waals surface area contributed by atoms with Crippen molar-refractivity contribution in [3.63, 3.8) is 0 Å². The minimum atomic E-state index is -1.27.